The molecule has 0 bridgehead atoms. The second-order valence-electron chi connectivity index (χ2n) is 5.01. The van der Waals surface area contributed by atoms with Gasteiger partial charge in [0, 0.05) is 23.2 Å². The Balaban J connectivity index is 1.86. The van der Waals surface area contributed by atoms with E-state index in [0.29, 0.717) is 16.9 Å². The Morgan fingerprint density at radius 2 is 1.70 bits per heavy atom. The van der Waals surface area contributed by atoms with Crippen LogP contribution in [0.2, 0.25) is 0 Å². The Morgan fingerprint density at radius 1 is 1.04 bits per heavy atom. The fourth-order valence-electron chi connectivity index (χ4n) is 1.85. The standard InChI is InChI=1S/C17H17FN2O2S/c1-11-3-4-14(9-16(11)18)20-17(22)10-23-15-7-5-13(6-8-15)19-12(2)21/h3-9H,10H2,1-2H3,(H,19,21)(H,20,22). The number of benzene rings is 2. The molecule has 4 nitrogen and oxygen atoms in total. The lowest BCUT2D eigenvalue weighted by atomic mass is 10.2. The molecule has 23 heavy (non-hydrogen) atoms. The first-order chi connectivity index (χ1) is 10.9. The normalized spacial score (nSPS) is 10.2. The first-order valence-corrected chi connectivity index (χ1v) is 7.99. The number of rotatable bonds is 5. The summed E-state index contributed by atoms with van der Waals surface area (Å²) >= 11 is 1.36. The highest BCUT2D eigenvalue weighted by Gasteiger charge is 2.06. The maximum Gasteiger partial charge on any atom is 0.234 e. The topological polar surface area (TPSA) is 58.2 Å². The van der Waals surface area contributed by atoms with E-state index in [1.54, 1.807) is 31.2 Å². The summed E-state index contributed by atoms with van der Waals surface area (Å²) in [6, 6.07) is 11.8. The van der Waals surface area contributed by atoms with Crippen LogP contribution >= 0.6 is 11.8 Å². The largest absolute Gasteiger partial charge is 0.326 e. The van der Waals surface area contributed by atoms with Crippen molar-refractivity contribution in [1.82, 2.24) is 0 Å². The fraction of sp³-hybridized carbons (Fsp3) is 0.176. The number of hydrogen-bond acceptors (Lipinski definition) is 3. The summed E-state index contributed by atoms with van der Waals surface area (Å²) in [6.45, 7) is 3.11. The molecule has 0 saturated carbocycles. The minimum atomic E-state index is -0.344. The lowest BCUT2D eigenvalue weighted by molar-refractivity contribution is -0.114. The molecule has 0 radical (unpaired) electrons. The number of halogens is 1. The second-order valence-corrected chi connectivity index (χ2v) is 6.06. The smallest absolute Gasteiger partial charge is 0.234 e. The zero-order valence-corrected chi connectivity index (χ0v) is 13.7. The van der Waals surface area contributed by atoms with E-state index in [-0.39, 0.29) is 23.4 Å². The van der Waals surface area contributed by atoms with Crippen LogP contribution in [0.5, 0.6) is 0 Å². The third-order valence-electron chi connectivity index (χ3n) is 3.00. The van der Waals surface area contributed by atoms with Crippen molar-refractivity contribution in [3.05, 3.63) is 53.8 Å². The van der Waals surface area contributed by atoms with Gasteiger partial charge in [0.2, 0.25) is 11.8 Å². The van der Waals surface area contributed by atoms with Gasteiger partial charge in [0.15, 0.2) is 0 Å². The van der Waals surface area contributed by atoms with Crippen LogP contribution in [0.1, 0.15) is 12.5 Å². The van der Waals surface area contributed by atoms with E-state index >= 15 is 0 Å². The van der Waals surface area contributed by atoms with Gasteiger partial charge in [-0.2, -0.15) is 0 Å². The molecule has 6 heteroatoms. The van der Waals surface area contributed by atoms with Crippen LogP contribution < -0.4 is 10.6 Å². The van der Waals surface area contributed by atoms with E-state index in [0.717, 1.165) is 4.90 Å². The summed E-state index contributed by atoms with van der Waals surface area (Å²) in [6.07, 6.45) is 0. The molecule has 0 aliphatic rings. The highest BCUT2D eigenvalue weighted by atomic mass is 32.2. The van der Waals surface area contributed by atoms with Crippen molar-refractivity contribution in [3.63, 3.8) is 0 Å². The Labute approximate surface area is 138 Å². The van der Waals surface area contributed by atoms with Crippen LogP contribution in [0.25, 0.3) is 0 Å². The highest BCUT2D eigenvalue weighted by molar-refractivity contribution is 8.00. The minimum Gasteiger partial charge on any atom is -0.326 e. The zero-order chi connectivity index (χ0) is 16.8. The predicted molar refractivity (Wildman–Crippen MR) is 91.2 cm³/mol. The lowest BCUT2D eigenvalue weighted by Gasteiger charge is -2.07. The number of nitrogens with one attached hydrogen (secondary N) is 2. The van der Waals surface area contributed by atoms with Crippen molar-refractivity contribution < 1.29 is 14.0 Å². The quantitative estimate of drug-likeness (QED) is 0.818. The van der Waals surface area contributed by atoms with Crippen LogP contribution in [0.15, 0.2) is 47.4 Å². The SMILES string of the molecule is CC(=O)Nc1ccc(SCC(=O)Nc2ccc(C)c(F)c2)cc1. The summed E-state index contributed by atoms with van der Waals surface area (Å²) in [5, 5.41) is 5.34. The average Bonchev–Trinajstić information content (AvgIpc) is 2.50. The maximum atomic E-state index is 13.4. The predicted octanol–water partition coefficient (Wildman–Crippen LogP) is 3.82. The van der Waals surface area contributed by atoms with Crippen LogP contribution in [0.3, 0.4) is 0 Å². The summed E-state index contributed by atoms with van der Waals surface area (Å²) in [4.78, 5) is 23.7. The molecule has 2 rings (SSSR count). The third-order valence-corrected chi connectivity index (χ3v) is 4.01. The molecule has 0 aliphatic carbocycles. The molecular weight excluding hydrogens is 315 g/mol. The van der Waals surface area contributed by atoms with Crippen molar-refractivity contribution in [1.29, 1.82) is 0 Å². The monoisotopic (exact) mass is 332 g/mol. The van der Waals surface area contributed by atoms with E-state index in [1.807, 2.05) is 12.1 Å². The summed E-state index contributed by atoms with van der Waals surface area (Å²) < 4.78 is 13.4. The molecule has 120 valence electrons. The Hall–Kier alpha value is -2.34. The van der Waals surface area contributed by atoms with Gasteiger partial charge in [0.25, 0.3) is 0 Å². The van der Waals surface area contributed by atoms with Gasteiger partial charge >= 0.3 is 0 Å². The van der Waals surface area contributed by atoms with Gasteiger partial charge in [-0.05, 0) is 48.9 Å². The number of anilines is 2. The maximum absolute atomic E-state index is 13.4. The van der Waals surface area contributed by atoms with Gasteiger partial charge in [-0.3, -0.25) is 9.59 Å². The minimum absolute atomic E-state index is 0.130. The molecule has 2 aromatic carbocycles. The molecule has 0 fully saturated rings. The van der Waals surface area contributed by atoms with Crippen molar-refractivity contribution in [2.24, 2.45) is 0 Å². The van der Waals surface area contributed by atoms with E-state index in [9.17, 15) is 14.0 Å². The van der Waals surface area contributed by atoms with E-state index < -0.39 is 0 Å². The van der Waals surface area contributed by atoms with Gasteiger partial charge < -0.3 is 10.6 Å². The molecule has 2 N–H and O–H groups in total. The number of thioether (sulfide) groups is 1. The lowest BCUT2D eigenvalue weighted by Crippen LogP contribution is -2.14. The molecule has 2 amide bonds. The van der Waals surface area contributed by atoms with Crippen molar-refractivity contribution >= 4 is 35.0 Å². The van der Waals surface area contributed by atoms with Crippen molar-refractivity contribution in [3.8, 4) is 0 Å². The highest BCUT2D eigenvalue weighted by Crippen LogP contribution is 2.21. The van der Waals surface area contributed by atoms with Gasteiger partial charge in [0.05, 0.1) is 5.75 Å². The van der Waals surface area contributed by atoms with Crippen LogP contribution in [-0.4, -0.2) is 17.6 Å². The van der Waals surface area contributed by atoms with Crippen molar-refractivity contribution in [2.75, 3.05) is 16.4 Å². The van der Waals surface area contributed by atoms with Crippen LogP contribution in [-0.2, 0) is 9.59 Å². The van der Waals surface area contributed by atoms with E-state index in [1.165, 1.54) is 24.8 Å². The van der Waals surface area contributed by atoms with Crippen molar-refractivity contribution in [2.45, 2.75) is 18.7 Å². The molecule has 0 aliphatic heterocycles. The third kappa shape index (κ3) is 5.41. The zero-order valence-electron chi connectivity index (χ0n) is 12.9. The summed E-state index contributed by atoms with van der Waals surface area (Å²) in [5.74, 6) is -0.460. The summed E-state index contributed by atoms with van der Waals surface area (Å²) in [7, 11) is 0. The van der Waals surface area contributed by atoms with Crippen LogP contribution in [0.4, 0.5) is 15.8 Å². The molecule has 0 spiro atoms. The average molecular weight is 332 g/mol. The molecule has 0 aromatic heterocycles. The molecule has 0 atom stereocenters. The van der Waals surface area contributed by atoms with Gasteiger partial charge in [0.1, 0.15) is 5.82 Å². The van der Waals surface area contributed by atoms with Gasteiger partial charge in [-0.1, -0.05) is 6.07 Å². The molecule has 0 heterocycles. The number of amides is 2. The fourth-order valence-corrected chi connectivity index (χ4v) is 2.55. The Bertz CT molecular complexity index is 717. The number of aryl methyl sites for hydroxylation is 1. The Morgan fingerprint density at radius 3 is 2.30 bits per heavy atom. The molecule has 0 saturated heterocycles. The Kier molecular flexibility index (Phi) is 5.76. The first-order valence-electron chi connectivity index (χ1n) is 7.00. The van der Waals surface area contributed by atoms with E-state index in [2.05, 4.69) is 10.6 Å². The van der Waals surface area contributed by atoms with Gasteiger partial charge in [-0.25, -0.2) is 4.39 Å². The number of hydrogen-bond donors (Lipinski definition) is 2. The van der Waals surface area contributed by atoms with Crippen LogP contribution in [0, 0.1) is 12.7 Å². The molecular formula is C17H17FN2O2S. The first kappa shape index (κ1) is 17.0. The van der Waals surface area contributed by atoms with Gasteiger partial charge in [-0.15, -0.1) is 11.8 Å². The van der Waals surface area contributed by atoms with E-state index in [4.69, 9.17) is 0 Å². The number of carbonyl (C=O) groups excluding carboxylic acids is 2. The summed E-state index contributed by atoms with van der Waals surface area (Å²) in [5.41, 5.74) is 1.69. The molecule has 0 unspecified atom stereocenters. The molecule has 2 aromatic rings. The second kappa shape index (κ2) is 7.78. The number of carbonyl (C=O) groups is 2.